The first-order valence-electron chi connectivity index (χ1n) is 6.74. The average Bonchev–Trinajstić information content (AvgIpc) is 2.73. The van der Waals surface area contributed by atoms with Gasteiger partial charge in [-0.3, -0.25) is 9.78 Å². The van der Waals surface area contributed by atoms with E-state index in [0.29, 0.717) is 37.8 Å². The number of hydrogen-bond donors (Lipinski definition) is 1. The number of ether oxygens (including phenoxy) is 1. The lowest BCUT2D eigenvalue weighted by Gasteiger charge is -2.19. The van der Waals surface area contributed by atoms with E-state index in [2.05, 4.69) is 22.2 Å². The van der Waals surface area contributed by atoms with E-state index in [4.69, 9.17) is 4.74 Å². The van der Waals surface area contributed by atoms with Gasteiger partial charge in [-0.25, -0.2) is 4.98 Å². The third kappa shape index (κ3) is 3.89. The fourth-order valence-corrected chi connectivity index (χ4v) is 1.92. The molecule has 1 aliphatic rings. The van der Waals surface area contributed by atoms with Gasteiger partial charge in [0.1, 0.15) is 11.5 Å². The van der Waals surface area contributed by atoms with Crippen molar-refractivity contribution in [1.82, 2.24) is 14.9 Å². The van der Waals surface area contributed by atoms with Gasteiger partial charge in [-0.1, -0.05) is 6.92 Å². The second-order valence-electron chi connectivity index (χ2n) is 4.47. The normalized spacial score (nSPS) is 15.9. The quantitative estimate of drug-likeness (QED) is 0.884. The summed E-state index contributed by atoms with van der Waals surface area (Å²) >= 11 is 0. The average molecular weight is 264 g/mol. The van der Waals surface area contributed by atoms with E-state index < -0.39 is 0 Å². The van der Waals surface area contributed by atoms with Crippen molar-refractivity contribution in [2.24, 2.45) is 0 Å². The monoisotopic (exact) mass is 264 g/mol. The van der Waals surface area contributed by atoms with Crippen LogP contribution in [0.2, 0.25) is 0 Å². The van der Waals surface area contributed by atoms with Crippen LogP contribution in [0.5, 0.6) is 0 Å². The van der Waals surface area contributed by atoms with Gasteiger partial charge in [0, 0.05) is 26.2 Å². The molecular weight excluding hydrogens is 244 g/mol. The fourth-order valence-electron chi connectivity index (χ4n) is 1.92. The molecule has 6 heteroatoms. The Morgan fingerprint density at radius 3 is 3.16 bits per heavy atom. The topological polar surface area (TPSA) is 67.4 Å². The molecular formula is C13H20N4O2. The zero-order chi connectivity index (χ0) is 13.5. The largest absolute Gasteiger partial charge is 0.380 e. The van der Waals surface area contributed by atoms with Crippen LogP contribution in [0, 0.1) is 0 Å². The highest BCUT2D eigenvalue weighted by molar-refractivity contribution is 5.92. The highest BCUT2D eigenvalue weighted by atomic mass is 16.5. The first-order chi connectivity index (χ1) is 9.31. The van der Waals surface area contributed by atoms with Crippen LogP contribution in [-0.4, -0.2) is 53.6 Å². The van der Waals surface area contributed by atoms with E-state index in [1.807, 2.05) is 0 Å². The van der Waals surface area contributed by atoms with Crippen LogP contribution in [0.3, 0.4) is 0 Å². The van der Waals surface area contributed by atoms with Crippen molar-refractivity contribution in [1.29, 1.82) is 0 Å². The highest BCUT2D eigenvalue weighted by Gasteiger charge is 2.19. The predicted octanol–water partition coefficient (Wildman–Crippen LogP) is 1.16. The zero-order valence-corrected chi connectivity index (χ0v) is 11.3. The standard InChI is InChI=1S/C13H20N4O2/c1-2-4-15-12-10-14-9-11(16-12)13(18)17-5-3-7-19-8-6-17/h9-10H,2-8H2,1H3,(H,15,16). The molecule has 0 radical (unpaired) electrons. The number of amides is 1. The summed E-state index contributed by atoms with van der Waals surface area (Å²) in [5, 5.41) is 3.14. The molecule has 0 unspecified atom stereocenters. The van der Waals surface area contributed by atoms with Crippen LogP contribution in [-0.2, 0) is 4.74 Å². The minimum absolute atomic E-state index is 0.0712. The molecule has 2 heterocycles. The fraction of sp³-hybridized carbons (Fsp3) is 0.615. The Bertz CT molecular complexity index is 417. The highest BCUT2D eigenvalue weighted by Crippen LogP contribution is 2.08. The van der Waals surface area contributed by atoms with Gasteiger partial charge in [0.25, 0.3) is 5.91 Å². The number of rotatable bonds is 4. The molecule has 104 valence electrons. The molecule has 0 aliphatic carbocycles. The van der Waals surface area contributed by atoms with Gasteiger partial charge in [0.2, 0.25) is 0 Å². The maximum Gasteiger partial charge on any atom is 0.274 e. The van der Waals surface area contributed by atoms with E-state index in [1.165, 1.54) is 6.20 Å². The first-order valence-corrected chi connectivity index (χ1v) is 6.74. The molecule has 6 nitrogen and oxygen atoms in total. The number of nitrogens with zero attached hydrogens (tertiary/aromatic N) is 3. The van der Waals surface area contributed by atoms with Crippen molar-refractivity contribution in [2.75, 3.05) is 38.2 Å². The van der Waals surface area contributed by atoms with Crippen molar-refractivity contribution in [3.8, 4) is 0 Å². The van der Waals surface area contributed by atoms with Crippen LogP contribution in [0.4, 0.5) is 5.82 Å². The Labute approximate surface area is 113 Å². The van der Waals surface area contributed by atoms with Crippen LogP contribution in [0.15, 0.2) is 12.4 Å². The molecule has 1 N–H and O–H groups in total. The van der Waals surface area contributed by atoms with Gasteiger partial charge in [0.05, 0.1) is 19.0 Å². The Morgan fingerprint density at radius 2 is 2.32 bits per heavy atom. The smallest absolute Gasteiger partial charge is 0.274 e. The summed E-state index contributed by atoms with van der Waals surface area (Å²) in [6.07, 6.45) is 5.03. The number of aromatic nitrogens is 2. The second kappa shape index (κ2) is 7.04. The minimum atomic E-state index is -0.0712. The summed E-state index contributed by atoms with van der Waals surface area (Å²) in [5.74, 6) is 0.580. The lowest BCUT2D eigenvalue weighted by molar-refractivity contribution is 0.0735. The molecule has 0 bridgehead atoms. The Hall–Kier alpha value is -1.69. The number of hydrogen-bond acceptors (Lipinski definition) is 5. The third-order valence-electron chi connectivity index (χ3n) is 2.92. The molecule has 1 aliphatic heterocycles. The maximum atomic E-state index is 12.3. The van der Waals surface area contributed by atoms with Crippen molar-refractivity contribution in [3.05, 3.63) is 18.1 Å². The van der Waals surface area contributed by atoms with Crippen LogP contribution >= 0.6 is 0 Å². The number of carbonyl (C=O) groups is 1. The van der Waals surface area contributed by atoms with Crippen molar-refractivity contribution >= 4 is 11.7 Å². The molecule has 1 aromatic heterocycles. The second-order valence-corrected chi connectivity index (χ2v) is 4.47. The zero-order valence-electron chi connectivity index (χ0n) is 11.3. The molecule has 0 saturated carbocycles. The lowest BCUT2D eigenvalue weighted by atomic mass is 10.3. The van der Waals surface area contributed by atoms with Crippen LogP contribution in [0.25, 0.3) is 0 Å². The molecule has 0 atom stereocenters. The molecule has 1 fully saturated rings. The summed E-state index contributed by atoms with van der Waals surface area (Å²) in [6, 6.07) is 0. The minimum Gasteiger partial charge on any atom is -0.380 e. The predicted molar refractivity (Wildman–Crippen MR) is 72.2 cm³/mol. The van der Waals surface area contributed by atoms with E-state index in [-0.39, 0.29) is 5.91 Å². The number of anilines is 1. The van der Waals surface area contributed by atoms with Crippen LogP contribution in [0.1, 0.15) is 30.3 Å². The van der Waals surface area contributed by atoms with Gasteiger partial charge in [-0.05, 0) is 12.8 Å². The maximum absolute atomic E-state index is 12.3. The summed E-state index contributed by atoms with van der Waals surface area (Å²) in [5.41, 5.74) is 0.392. The first kappa shape index (κ1) is 13.7. The number of nitrogens with one attached hydrogen (secondary N) is 1. The van der Waals surface area contributed by atoms with E-state index in [0.717, 1.165) is 19.4 Å². The van der Waals surface area contributed by atoms with Gasteiger partial charge >= 0.3 is 0 Å². The Balaban J connectivity index is 2.04. The van der Waals surface area contributed by atoms with Crippen molar-refractivity contribution in [3.63, 3.8) is 0 Å². The molecule has 1 amide bonds. The summed E-state index contributed by atoms with van der Waals surface area (Å²) in [7, 11) is 0. The molecule has 0 aromatic carbocycles. The molecule has 1 aromatic rings. The Morgan fingerprint density at radius 1 is 1.42 bits per heavy atom. The summed E-state index contributed by atoms with van der Waals surface area (Å²) in [4.78, 5) is 22.5. The molecule has 0 spiro atoms. The van der Waals surface area contributed by atoms with E-state index >= 15 is 0 Å². The Kier molecular flexibility index (Phi) is 5.09. The molecule has 1 saturated heterocycles. The van der Waals surface area contributed by atoms with Crippen LogP contribution < -0.4 is 5.32 Å². The van der Waals surface area contributed by atoms with E-state index in [1.54, 1.807) is 11.1 Å². The van der Waals surface area contributed by atoms with Gasteiger partial charge in [0.15, 0.2) is 0 Å². The SMILES string of the molecule is CCCNc1cncc(C(=O)N2CCCOCC2)n1. The van der Waals surface area contributed by atoms with Gasteiger partial charge in [-0.15, -0.1) is 0 Å². The van der Waals surface area contributed by atoms with Gasteiger partial charge < -0.3 is 15.0 Å². The van der Waals surface area contributed by atoms with Crippen molar-refractivity contribution < 1.29 is 9.53 Å². The third-order valence-corrected chi connectivity index (χ3v) is 2.92. The molecule has 2 rings (SSSR count). The summed E-state index contributed by atoms with van der Waals surface area (Å²) in [6.45, 7) is 5.54. The van der Waals surface area contributed by atoms with E-state index in [9.17, 15) is 4.79 Å². The van der Waals surface area contributed by atoms with Crippen molar-refractivity contribution in [2.45, 2.75) is 19.8 Å². The van der Waals surface area contributed by atoms with Gasteiger partial charge in [-0.2, -0.15) is 0 Å². The molecule has 19 heavy (non-hydrogen) atoms. The number of carbonyl (C=O) groups excluding carboxylic acids is 1. The lowest BCUT2D eigenvalue weighted by Crippen LogP contribution is -2.33. The summed E-state index contributed by atoms with van der Waals surface area (Å²) < 4.78 is 5.35.